The maximum Gasteiger partial charge on any atom is 0.333 e. The molecule has 4 heteroatoms. The fraction of sp³-hybridized carbons (Fsp3) is 0.800. The Kier molecular flexibility index (Phi) is 5.31. The van der Waals surface area contributed by atoms with Gasteiger partial charge in [-0.3, -0.25) is 4.79 Å². The molecular weight excluding hydrogens is 304 g/mol. The number of esters is 2. The molecule has 0 aliphatic heterocycles. The Morgan fingerprint density at radius 3 is 2.46 bits per heavy atom. The van der Waals surface area contributed by atoms with E-state index in [0.29, 0.717) is 43.0 Å². The molecule has 3 aliphatic carbocycles. The first-order chi connectivity index (χ1) is 11.5. The lowest BCUT2D eigenvalue weighted by Gasteiger charge is -2.31. The van der Waals surface area contributed by atoms with E-state index in [4.69, 9.17) is 9.47 Å². The van der Waals surface area contributed by atoms with Crippen LogP contribution in [0.5, 0.6) is 0 Å². The summed E-state index contributed by atoms with van der Waals surface area (Å²) < 4.78 is 10.9. The molecular formula is C20H30O4. The molecule has 0 aromatic rings. The molecule has 2 bridgehead atoms. The third kappa shape index (κ3) is 3.52. The molecule has 0 spiro atoms. The molecule has 0 heterocycles. The van der Waals surface area contributed by atoms with Crippen molar-refractivity contribution in [1.82, 2.24) is 0 Å². The van der Waals surface area contributed by atoms with Gasteiger partial charge in [0.2, 0.25) is 0 Å². The highest BCUT2D eigenvalue weighted by molar-refractivity contribution is 5.86. The van der Waals surface area contributed by atoms with Crippen molar-refractivity contribution in [2.24, 2.45) is 35.5 Å². The number of rotatable bonds is 7. The predicted molar refractivity (Wildman–Crippen MR) is 91.0 cm³/mol. The number of carbonyl (C=O) groups is 2. The summed E-state index contributed by atoms with van der Waals surface area (Å²) in [7, 11) is 0. The van der Waals surface area contributed by atoms with Gasteiger partial charge in [-0.25, -0.2) is 4.79 Å². The van der Waals surface area contributed by atoms with Gasteiger partial charge in [0, 0.05) is 12.0 Å². The van der Waals surface area contributed by atoms with Gasteiger partial charge in [0.1, 0.15) is 0 Å². The maximum absolute atomic E-state index is 11.6. The van der Waals surface area contributed by atoms with E-state index in [1.807, 2.05) is 6.92 Å². The van der Waals surface area contributed by atoms with Crippen LogP contribution in [-0.2, 0) is 19.1 Å². The average Bonchev–Trinajstić information content (AvgIpc) is 3.21. The van der Waals surface area contributed by atoms with Gasteiger partial charge >= 0.3 is 11.9 Å². The fourth-order valence-electron chi connectivity index (χ4n) is 5.45. The van der Waals surface area contributed by atoms with Crippen LogP contribution in [-0.4, -0.2) is 25.2 Å². The zero-order valence-electron chi connectivity index (χ0n) is 15.0. The van der Waals surface area contributed by atoms with Crippen LogP contribution in [0, 0.1) is 35.5 Å². The molecule has 0 saturated heterocycles. The third-order valence-corrected chi connectivity index (χ3v) is 6.41. The Bertz CT molecular complexity index is 512. The van der Waals surface area contributed by atoms with Crippen LogP contribution in [0.2, 0.25) is 0 Å². The second kappa shape index (κ2) is 7.28. The van der Waals surface area contributed by atoms with E-state index < -0.39 is 0 Å². The van der Waals surface area contributed by atoms with E-state index >= 15 is 0 Å². The molecule has 6 atom stereocenters. The molecule has 24 heavy (non-hydrogen) atoms. The standard InChI is InChI=1S/C20H30O4/c1-4-5-19(21)23-10-13-6-16-14-8-15(11-24-20(22)12(2)3)17(9-14)18(16)7-13/h13-18H,2,4-11H2,1,3H3/t13?,14?,15?,16-,17?,18-/m0/s1. The van der Waals surface area contributed by atoms with E-state index in [2.05, 4.69) is 6.58 Å². The number of hydrogen-bond acceptors (Lipinski definition) is 4. The first-order valence-electron chi connectivity index (χ1n) is 9.47. The van der Waals surface area contributed by atoms with Crippen LogP contribution in [0.3, 0.4) is 0 Å². The Balaban J connectivity index is 1.47. The topological polar surface area (TPSA) is 52.6 Å². The molecule has 0 amide bonds. The highest BCUT2D eigenvalue weighted by atomic mass is 16.5. The first kappa shape index (κ1) is 17.5. The van der Waals surface area contributed by atoms with Crippen LogP contribution in [0.1, 0.15) is 52.4 Å². The van der Waals surface area contributed by atoms with Gasteiger partial charge in [-0.1, -0.05) is 13.5 Å². The summed E-state index contributed by atoms with van der Waals surface area (Å²) in [6.45, 7) is 8.48. The Morgan fingerprint density at radius 1 is 1.00 bits per heavy atom. The summed E-state index contributed by atoms with van der Waals surface area (Å²) in [6.07, 6.45) is 6.26. The quantitative estimate of drug-likeness (QED) is 0.525. The van der Waals surface area contributed by atoms with Gasteiger partial charge < -0.3 is 9.47 Å². The normalized spacial score (nSPS) is 36.4. The van der Waals surface area contributed by atoms with Crippen molar-refractivity contribution in [2.45, 2.75) is 52.4 Å². The molecule has 134 valence electrons. The van der Waals surface area contributed by atoms with Crippen LogP contribution >= 0.6 is 0 Å². The van der Waals surface area contributed by atoms with Crippen molar-refractivity contribution >= 4 is 11.9 Å². The van der Waals surface area contributed by atoms with Crippen molar-refractivity contribution in [3.63, 3.8) is 0 Å². The highest BCUT2D eigenvalue weighted by Gasteiger charge is 2.56. The van der Waals surface area contributed by atoms with Crippen LogP contribution < -0.4 is 0 Å². The van der Waals surface area contributed by atoms with Crippen molar-refractivity contribution in [2.75, 3.05) is 13.2 Å². The Morgan fingerprint density at radius 2 is 1.75 bits per heavy atom. The minimum atomic E-state index is -0.263. The fourth-order valence-corrected chi connectivity index (χ4v) is 5.45. The summed E-state index contributed by atoms with van der Waals surface area (Å²) in [4.78, 5) is 23.2. The molecule has 0 radical (unpaired) electrons. The van der Waals surface area contributed by atoms with Crippen molar-refractivity contribution < 1.29 is 19.1 Å². The smallest absolute Gasteiger partial charge is 0.333 e. The van der Waals surface area contributed by atoms with Crippen LogP contribution in [0.15, 0.2) is 12.2 Å². The van der Waals surface area contributed by atoms with Gasteiger partial charge in [0.25, 0.3) is 0 Å². The van der Waals surface area contributed by atoms with Crippen molar-refractivity contribution in [3.8, 4) is 0 Å². The summed E-state index contributed by atoms with van der Waals surface area (Å²) in [5.41, 5.74) is 0.478. The molecule has 4 unspecified atom stereocenters. The minimum Gasteiger partial charge on any atom is -0.465 e. The summed E-state index contributed by atoms with van der Waals surface area (Å²) >= 11 is 0. The van der Waals surface area contributed by atoms with Crippen molar-refractivity contribution in [1.29, 1.82) is 0 Å². The lowest BCUT2D eigenvalue weighted by molar-refractivity contribution is -0.145. The van der Waals surface area contributed by atoms with E-state index in [-0.39, 0.29) is 11.9 Å². The SMILES string of the molecule is C=C(C)C(=O)OCC1CC2CC1[C@H]1CC(COC(=O)CCC)C[C@@H]21. The predicted octanol–water partition coefficient (Wildman–Crippen LogP) is 3.75. The van der Waals surface area contributed by atoms with E-state index in [1.165, 1.54) is 25.7 Å². The third-order valence-electron chi connectivity index (χ3n) is 6.41. The average molecular weight is 334 g/mol. The highest BCUT2D eigenvalue weighted by Crippen LogP contribution is 2.62. The summed E-state index contributed by atoms with van der Waals surface area (Å²) in [6, 6.07) is 0. The van der Waals surface area contributed by atoms with E-state index in [9.17, 15) is 9.59 Å². The maximum atomic E-state index is 11.6. The van der Waals surface area contributed by atoms with Crippen LogP contribution in [0.25, 0.3) is 0 Å². The molecule has 3 saturated carbocycles. The molecule has 3 rings (SSSR count). The lowest BCUT2D eigenvalue weighted by atomic mass is 9.76. The number of carbonyl (C=O) groups excluding carboxylic acids is 2. The zero-order valence-corrected chi connectivity index (χ0v) is 15.0. The second-order valence-corrected chi connectivity index (χ2v) is 8.13. The number of fused-ring (bicyclic) bond motifs is 5. The summed E-state index contributed by atoms with van der Waals surface area (Å²) in [5, 5.41) is 0. The number of hydrogen-bond donors (Lipinski definition) is 0. The molecule has 0 N–H and O–H groups in total. The van der Waals surface area contributed by atoms with Gasteiger partial charge in [-0.15, -0.1) is 0 Å². The van der Waals surface area contributed by atoms with Gasteiger partial charge in [0.15, 0.2) is 0 Å². The van der Waals surface area contributed by atoms with Gasteiger partial charge in [0.05, 0.1) is 13.2 Å². The first-order valence-corrected chi connectivity index (χ1v) is 9.47. The Hall–Kier alpha value is -1.32. The lowest BCUT2D eigenvalue weighted by Crippen LogP contribution is -2.28. The van der Waals surface area contributed by atoms with E-state index in [1.54, 1.807) is 6.92 Å². The van der Waals surface area contributed by atoms with Gasteiger partial charge in [-0.05, 0) is 74.5 Å². The Labute approximate surface area is 145 Å². The van der Waals surface area contributed by atoms with Gasteiger partial charge in [-0.2, -0.15) is 0 Å². The largest absolute Gasteiger partial charge is 0.465 e. The van der Waals surface area contributed by atoms with Crippen molar-refractivity contribution in [3.05, 3.63) is 12.2 Å². The monoisotopic (exact) mass is 334 g/mol. The molecule has 0 aromatic carbocycles. The number of ether oxygens (including phenoxy) is 2. The second-order valence-electron chi connectivity index (χ2n) is 8.13. The molecule has 3 fully saturated rings. The summed E-state index contributed by atoms with van der Waals surface area (Å²) in [5.74, 6) is 3.75. The van der Waals surface area contributed by atoms with Crippen LogP contribution in [0.4, 0.5) is 0 Å². The molecule has 0 aromatic heterocycles. The molecule has 3 aliphatic rings. The minimum absolute atomic E-state index is 0.0536. The molecule has 4 nitrogen and oxygen atoms in total. The van der Waals surface area contributed by atoms with E-state index in [0.717, 1.165) is 24.2 Å². The zero-order chi connectivity index (χ0) is 17.3.